The normalized spacial score (nSPS) is 16.7. The molecular formula is C16H16N2S. The van der Waals surface area contributed by atoms with Crippen molar-refractivity contribution < 1.29 is 0 Å². The van der Waals surface area contributed by atoms with Gasteiger partial charge >= 0.3 is 0 Å². The third-order valence-electron chi connectivity index (χ3n) is 3.82. The van der Waals surface area contributed by atoms with Crippen molar-refractivity contribution in [3.05, 3.63) is 42.5 Å². The molecule has 0 amide bonds. The maximum Gasteiger partial charge on any atom is 0.0764 e. The van der Waals surface area contributed by atoms with Crippen molar-refractivity contribution in [3.8, 4) is 0 Å². The molecule has 96 valence electrons. The second kappa shape index (κ2) is 4.49. The first kappa shape index (κ1) is 11.2. The first-order valence-corrected chi connectivity index (χ1v) is 7.65. The fourth-order valence-electron chi connectivity index (χ4n) is 2.86. The van der Waals surface area contributed by atoms with E-state index in [1.54, 1.807) is 0 Å². The summed E-state index contributed by atoms with van der Waals surface area (Å²) in [5.74, 6) is 0. The lowest BCUT2D eigenvalue weighted by atomic mass is 10.2. The molecule has 1 saturated heterocycles. The topological polar surface area (TPSA) is 15.3 Å². The Morgan fingerprint density at radius 3 is 2.58 bits per heavy atom. The van der Waals surface area contributed by atoms with Gasteiger partial charge in [-0.05, 0) is 37.1 Å². The minimum atomic E-state index is 1.18. The van der Waals surface area contributed by atoms with Crippen LogP contribution in [0, 0.1) is 0 Å². The first-order valence-electron chi connectivity index (χ1n) is 6.84. The second-order valence-corrected chi connectivity index (χ2v) is 6.15. The predicted molar refractivity (Wildman–Crippen MR) is 81.7 cm³/mol. The predicted octanol–water partition coefficient (Wildman–Crippen LogP) is 4.50. The van der Waals surface area contributed by atoms with Crippen LogP contribution in [0.3, 0.4) is 0 Å². The van der Waals surface area contributed by atoms with E-state index < -0.39 is 0 Å². The number of hydrogen-bond donors (Lipinski definition) is 1. The Morgan fingerprint density at radius 2 is 1.68 bits per heavy atom. The fourth-order valence-corrected chi connectivity index (χ4v) is 3.88. The minimum Gasteiger partial charge on any atom is -0.370 e. The maximum atomic E-state index is 3.62. The van der Waals surface area contributed by atoms with Crippen molar-refractivity contribution in [2.75, 3.05) is 23.3 Å². The van der Waals surface area contributed by atoms with Crippen LogP contribution in [0.1, 0.15) is 12.8 Å². The van der Waals surface area contributed by atoms with Gasteiger partial charge in [0.15, 0.2) is 0 Å². The van der Waals surface area contributed by atoms with Crippen molar-refractivity contribution in [1.82, 2.24) is 0 Å². The number of rotatable bonds is 1. The van der Waals surface area contributed by atoms with Crippen LogP contribution in [-0.2, 0) is 0 Å². The molecule has 2 aliphatic heterocycles. The van der Waals surface area contributed by atoms with Crippen LogP contribution >= 0.6 is 11.8 Å². The Bertz CT molecular complexity index is 618. The molecule has 0 aromatic heterocycles. The lowest BCUT2D eigenvalue weighted by Gasteiger charge is -2.27. The number of fused-ring (bicyclic) bond motifs is 2. The van der Waals surface area contributed by atoms with E-state index in [1.807, 2.05) is 11.8 Å². The standard InChI is InChI=1S/C16H16N2S/c1-2-8-14-12(6-1)17-16-13(18-10-3-4-11-18)7-5-9-15(16)19-14/h1-2,5-9,17H,3-4,10-11H2. The van der Waals surface area contributed by atoms with Gasteiger partial charge in [-0.2, -0.15) is 0 Å². The van der Waals surface area contributed by atoms with E-state index in [0.29, 0.717) is 0 Å². The third-order valence-corrected chi connectivity index (χ3v) is 4.95. The van der Waals surface area contributed by atoms with Gasteiger partial charge in [-0.15, -0.1) is 0 Å². The van der Waals surface area contributed by atoms with Crippen LogP contribution in [0.2, 0.25) is 0 Å². The molecule has 0 unspecified atom stereocenters. The molecule has 2 aliphatic rings. The van der Waals surface area contributed by atoms with E-state index >= 15 is 0 Å². The van der Waals surface area contributed by atoms with Gasteiger partial charge < -0.3 is 10.2 Å². The Balaban J connectivity index is 1.78. The Morgan fingerprint density at radius 1 is 0.895 bits per heavy atom. The summed E-state index contributed by atoms with van der Waals surface area (Å²) < 4.78 is 0. The number of hydrogen-bond acceptors (Lipinski definition) is 3. The molecule has 2 aromatic carbocycles. The van der Waals surface area contributed by atoms with Crippen molar-refractivity contribution in [2.45, 2.75) is 22.6 Å². The summed E-state index contributed by atoms with van der Waals surface area (Å²) in [7, 11) is 0. The molecule has 1 fully saturated rings. The second-order valence-electron chi connectivity index (χ2n) is 5.07. The highest BCUT2D eigenvalue weighted by Crippen LogP contribution is 2.48. The van der Waals surface area contributed by atoms with Crippen LogP contribution < -0.4 is 10.2 Å². The lowest BCUT2D eigenvalue weighted by molar-refractivity contribution is 0.949. The van der Waals surface area contributed by atoms with E-state index in [-0.39, 0.29) is 0 Å². The molecule has 0 aliphatic carbocycles. The number of anilines is 3. The number of nitrogens with one attached hydrogen (secondary N) is 1. The Hall–Kier alpha value is -1.61. The van der Waals surface area contributed by atoms with Crippen molar-refractivity contribution in [3.63, 3.8) is 0 Å². The van der Waals surface area contributed by atoms with E-state index in [0.717, 1.165) is 0 Å². The molecule has 0 bridgehead atoms. The minimum absolute atomic E-state index is 1.18. The van der Waals surface area contributed by atoms with Gasteiger partial charge in [0.05, 0.1) is 17.1 Å². The molecule has 2 nitrogen and oxygen atoms in total. The van der Waals surface area contributed by atoms with Gasteiger partial charge in [-0.25, -0.2) is 0 Å². The highest BCUT2D eigenvalue weighted by molar-refractivity contribution is 7.99. The zero-order chi connectivity index (χ0) is 12.7. The van der Waals surface area contributed by atoms with Crippen molar-refractivity contribution >= 4 is 28.8 Å². The molecule has 0 spiro atoms. The molecule has 2 aromatic rings. The molecule has 1 N–H and O–H groups in total. The van der Waals surface area contributed by atoms with Gasteiger partial charge in [0.25, 0.3) is 0 Å². The van der Waals surface area contributed by atoms with E-state index in [4.69, 9.17) is 0 Å². The molecule has 0 saturated carbocycles. The maximum absolute atomic E-state index is 3.62. The molecule has 0 atom stereocenters. The molecule has 4 rings (SSSR count). The third kappa shape index (κ3) is 1.89. The molecule has 2 heterocycles. The van der Waals surface area contributed by atoms with Crippen molar-refractivity contribution in [2.24, 2.45) is 0 Å². The summed E-state index contributed by atoms with van der Waals surface area (Å²) in [4.78, 5) is 5.15. The van der Waals surface area contributed by atoms with Crippen LogP contribution in [0.4, 0.5) is 17.1 Å². The largest absolute Gasteiger partial charge is 0.370 e. The summed E-state index contributed by atoms with van der Waals surface area (Å²) in [5.41, 5.74) is 3.87. The average molecular weight is 268 g/mol. The summed E-state index contributed by atoms with van der Waals surface area (Å²) in [6.45, 7) is 2.37. The van der Waals surface area contributed by atoms with Crippen LogP contribution in [-0.4, -0.2) is 13.1 Å². The molecular weight excluding hydrogens is 252 g/mol. The summed E-state index contributed by atoms with van der Waals surface area (Å²) in [5, 5.41) is 3.62. The number of para-hydroxylation sites is 2. The highest BCUT2D eigenvalue weighted by atomic mass is 32.2. The van der Waals surface area contributed by atoms with Crippen LogP contribution in [0.25, 0.3) is 0 Å². The zero-order valence-electron chi connectivity index (χ0n) is 10.7. The van der Waals surface area contributed by atoms with Crippen molar-refractivity contribution in [1.29, 1.82) is 0 Å². The highest BCUT2D eigenvalue weighted by Gasteiger charge is 2.22. The quantitative estimate of drug-likeness (QED) is 0.699. The van der Waals surface area contributed by atoms with Crippen LogP contribution in [0.15, 0.2) is 52.3 Å². The monoisotopic (exact) mass is 268 g/mol. The summed E-state index contributed by atoms with van der Waals surface area (Å²) in [6, 6.07) is 15.2. The number of benzene rings is 2. The summed E-state index contributed by atoms with van der Waals surface area (Å²) >= 11 is 1.87. The van der Waals surface area contributed by atoms with E-state index in [1.165, 1.54) is 52.8 Å². The Kier molecular flexibility index (Phi) is 2.66. The molecule has 3 heteroatoms. The van der Waals surface area contributed by atoms with E-state index in [9.17, 15) is 0 Å². The first-order chi connectivity index (χ1) is 9.42. The fraction of sp³-hybridized carbons (Fsp3) is 0.250. The van der Waals surface area contributed by atoms with Crippen LogP contribution in [0.5, 0.6) is 0 Å². The lowest BCUT2D eigenvalue weighted by Crippen LogP contribution is -2.19. The van der Waals surface area contributed by atoms with Gasteiger partial charge in [0, 0.05) is 22.9 Å². The van der Waals surface area contributed by atoms with Gasteiger partial charge in [-0.1, -0.05) is 30.0 Å². The zero-order valence-corrected chi connectivity index (χ0v) is 11.5. The average Bonchev–Trinajstić information content (AvgIpc) is 2.98. The molecule has 19 heavy (non-hydrogen) atoms. The van der Waals surface area contributed by atoms with Gasteiger partial charge in [-0.3, -0.25) is 0 Å². The van der Waals surface area contributed by atoms with Gasteiger partial charge in [0.2, 0.25) is 0 Å². The number of nitrogens with zero attached hydrogens (tertiary/aromatic N) is 1. The smallest absolute Gasteiger partial charge is 0.0764 e. The SMILES string of the molecule is c1ccc2c(c1)Nc1c(cccc1N1CCCC1)S2. The van der Waals surface area contributed by atoms with E-state index in [2.05, 4.69) is 52.7 Å². The summed E-state index contributed by atoms with van der Waals surface area (Å²) in [6.07, 6.45) is 2.63. The van der Waals surface area contributed by atoms with Gasteiger partial charge in [0.1, 0.15) is 0 Å². The molecule has 0 radical (unpaired) electrons. The Labute approximate surface area is 117 Å².